The van der Waals surface area contributed by atoms with Gasteiger partial charge in [-0.15, -0.1) is 24.0 Å². The van der Waals surface area contributed by atoms with Crippen LogP contribution >= 0.6 is 24.0 Å². The minimum atomic E-state index is 0. The summed E-state index contributed by atoms with van der Waals surface area (Å²) in [5.41, 5.74) is 6.42. The Bertz CT molecular complexity index is 410. The number of benzene rings is 1. The van der Waals surface area contributed by atoms with Crippen LogP contribution in [0.15, 0.2) is 23.2 Å². The van der Waals surface area contributed by atoms with E-state index in [4.69, 9.17) is 15.2 Å². The maximum absolute atomic E-state index is 5.58. The molecule has 0 aliphatic carbocycles. The van der Waals surface area contributed by atoms with Crippen LogP contribution in [0.3, 0.4) is 0 Å². The number of hydrogen-bond donors (Lipinski definition) is 2. The van der Waals surface area contributed by atoms with Crippen molar-refractivity contribution in [2.45, 2.75) is 6.42 Å². The predicted octanol–water partition coefficient (Wildman–Crippen LogP) is 1.82. The van der Waals surface area contributed by atoms with Gasteiger partial charge in [0.1, 0.15) is 0 Å². The number of aliphatic imine (C=N–C) groups is 1. The molecule has 0 unspecified atom stereocenters. The van der Waals surface area contributed by atoms with Gasteiger partial charge in [0.15, 0.2) is 17.5 Å². The summed E-state index contributed by atoms with van der Waals surface area (Å²) in [6.07, 6.45) is 0.899. The number of fused-ring (bicyclic) bond motifs is 1. The molecule has 0 bridgehead atoms. The Morgan fingerprint density at radius 2 is 2.00 bits per heavy atom. The summed E-state index contributed by atoms with van der Waals surface area (Å²) in [4.78, 5) is 3.83. The highest BCUT2D eigenvalue weighted by atomic mass is 127. The van der Waals surface area contributed by atoms with Crippen molar-refractivity contribution in [3.63, 3.8) is 0 Å². The van der Waals surface area contributed by atoms with E-state index >= 15 is 0 Å². The SMILES string of the molecule is CN=C(N)Nc1ccc2c(c1)OCCCO2.I. The van der Waals surface area contributed by atoms with Gasteiger partial charge in [-0.25, -0.2) is 0 Å². The van der Waals surface area contributed by atoms with Crippen LogP contribution in [0.5, 0.6) is 11.5 Å². The van der Waals surface area contributed by atoms with Crippen molar-refractivity contribution < 1.29 is 9.47 Å². The van der Waals surface area contributed by atoms with Crippen LogP contribution in [0.4, 0.5) is 5.69 Å². The molecular formula is C11H16IN3O2. The van der Waals surface area contributed by atoms with Crippen molar-refractivity contribution >= 4 is 35.6 Å². The average molecular weight is 349 g/mol. The van der Waals surface area contributed by atoms with E-state index in [2.05, 4.69) is 10.3 Å². The Kier molecular flexibility index (Phi) is 5.33. The molecule has 6 heteroatoms. The van der Waals surface area contributed by atoms with Crippen LogP contribution in [-0.2, 0) is 0 Å². The molecule has 5 nitrogen and oxygen atoms in total. The highest BCUT2D eigenvalue weighted by molar-refractivity contribution is 14.0. The summed E-state index contributed by atoms with van der Waals surface area (Å²) in [6.45, 7) is 1.37. The lowest BCUT2D eigenvalue weighted by Gasteiger charge is -2.10. The highest BCUT2D eigenvalue weighted by Gasteiger charge is 2.10. The number of rotatable bonds is 1. The van der Waals surface area contributed by atoms with Crippen molar-refractivity contribution in [2.24, 2.45) is 10.7 Å². The van der Waals surface area contributed by atoms with E-state index in [9.17, 15) is 0 Å². The molecule has 1 heterocycles. The summed E-state index contributed by atoms with van der Waals surface area (Å²) in [5, 5.41) is 2.95. The Hall–Kier alpha value is -1.18. The fourth-order valence-electron chi connectivity index (χ4n) is 1.44. The highest BCUT2D eigenvalue weighted by Crippen LogP contribution is 2.32. The standard InChI is InChI=1S/C11H15N3O2.HI/c1-13-11(12)14-8-3-4-9-10(7-8)16-6-2-5-15-9;/h3-4,7H,2,5-6H2,1H3,(H3,12,13,14);1H. The molecular weight excluding hydrogens is 333 g/mol. The normalized spacial score (nSPS) is 14.5. The first-order valence-corrected chi connectivity index (χ1v) is 5.18. The largest absolute Gasteiger partial charge is 0.490 e. The van der Waals surface area contributed by atoms with Gasteiger partial charge >= 0.3 is 0 Å². The smallest absolute Gasteiger partial charge is 0.192 e. The Balaban J connectivity index is 0.00000144. The second-order valence-electron chi connectivity index (χ2n) is 3.45. The third-order valence-electron chi connectivity index (χ3n) is 2.26. The Labute approximate surface area is 117 Å². The molecule has 1 aromatic rings. The topological polar surface area (TPSA) is 68.9 Å². The number of halogens is 1. The Morgan fingerprint density at radius 3 is 2.71 bits per heavy atom. The van der Waals surface area contributed by atoms with E-state index in [1.54, 1.807) is 7.05 Å². The molecule has 3 N–H and O–H groups in total. The quantitative estimate of drug-likeness (QED) is 0.461. The van der Waals surface area contributed by atoms with E-state index in [1.807, 2.05) is 18.2 Å². The van der Waals surface area contributed by atoms with Gasteiger partial charge in [0.05, 0.1) is 13.2 Å². The lowest BCUT2D eigenvalue weighted by atomic mass is 10.3. The molecule has 0 fully saturated rings. The minimum absolute atomic E-state index is 0. The summed E-state index contributed by atoms with van der Waals surface area (Å²) >= 11 is 0. The molecule has 1 aromatic carbocycles. The zero-order valence-corrected chi connectivity index (χ0v) is 11.9. The van der Waals surface area contributed by atoms with Crippen molar-refractivity contribution in [3.8, 4) is 11.5 Å². The summed E-state index contributed by atoms with van der Waals surface area (Å²) in [6, 6.07) is 5.61. The molecule has 2 rings (SSSR count). The van der Waals surface area contributed by atoms with Gasteiger partial charge in [-0.1, -0.05) is 0 Å². The van der Waals surface area contributed by atoms with Crippen LogP contribution in [0.25, 0.3) is 0 Å². The average Bonchev–Trinajstić information content (AvgIpc) is 2.53. The molecule has 0 radical (unpaired) electrons. The zero-order chi connectivity index (χ0) is 11.4. The molecule has 0 amide bonds. The minimum Gasteiger partial charge on any atom is -0.490 e. The van der Waals surface area contributed by atoms with Gasteiger partial charge in [-0.3, -0.25) is 4.99 Å². The van der Waals surface area contributed by atoms with Crippen molar-refractivity contribution in [2.75, 3.05) is 25.6 Å². The lowest BCUT2D eigenvalue weighted by Crippen LogP contribution is -2.21. The predicted molar refractivity (Wildman–Crippen MR) is 78.6 cm³/mol. The molecule has 0 atom stereocenters. The first-order valence-electron chi connectivity index (χ1n) is 5.18. The van der Waals surface area contributed by atoms with Gasteiger partial charge in [-0.05, 0) is 12.1 Å². The molecule has 1 aliphatic rings. The molecule has 0 saturated heterocycles. The van der Waals surface area contributed by atoms with Crippen molar-refractivity contribution in [1.29, 1.82) is 0 Å². The third kappa shape index (κ3) is 3.65. The molecule has 0 spiro atoms. The van der Waals surface area contributed by atoms with E-state index in [0.29, 0.717) is 19.2 Å². The summed E-state index contributed by atoms with van der Waals surface area (Å²) < 4.78 is 11.1. The van der Waals surface area contributed by atoms with Gasteiger partial charge in [0.25, 0.3) is 0 Å². The van der Waals surface area contributed by atoms with Crippen molar-refractivity contribution in [3.05, 3.63) is 18.2 Å². The molecule has 17 heavy (non-hydrogen) atoms. The van der Waals surface area contributed by atoms with Crippen LogP contribution in [0.1, 0.15) is 6.42 Å². The molecule has 0 saturated carbocycles. The number of ether oxygens (including phenoxy) is 2. The second kappa shape index (κ2) is 6.53. The maximum atomic E-state index is 5.58. The third-order valence-corrected chi connectivity index (χ3v) is 2.26. The zero-order valence-electron chi connectivity index (χ0n) is 9.60. The van der Waals surface area contributed by atoms with Crippen molar-refractivity contribution in [1.82, 2.24) is 0 Å². The van der Waals surface area contributed by atoms with E-state index in [0.717, 1.165) is 23.6 Å². The second-order valence-corrected chi connectivity index (χ2v) is 3.45. The number of hydrogen-bond acceptors (Lipinski definition) is 3. The van der Waals surface area contributed by atoms with Crippen LogP contribution < -0.4 is 20.5 Å². The Morgan fingerprint density at radius 1 is 1.29 bits per heavy atom. The number of guanidine groups is 1. The van der Waals surface area contributed by atoms with Gasteiger partial charge in [0.2, 0.25) is 0 Å². The van der Waals surface area contributed by atoms with Crippen LogP contribution in [-0.4, -0.2) is 26.2 Å². The first kappa shape index (κ1) is 13.9. The van der Waals surface area contributed by atoms with Gasteiger partial charge in [0, 0.05) is 25.2 Å². The number of nitrogens with one attached hydrogen (secondary N) is 1. The number of nitrogens with zero attached hydrogens (tertiary/aromatic N) is 1. The van der Waals surface area contributed by atoms with Crippen LogP contribution in [0.2, 0.25) is 0 Å². The first-order chi connectivity index (χ1) is 7.79. The van der Waals surface area contributed by atoms with E-state index < -0.39 is 0 Å². The summed E-state index contributed by atoms with van der Waals surface area (Å²) in [7, 11) is 1.63. The summed E-state index contributed by atoms with van der Waals surface area (Å²) in [5.74, 6) is 1.89. The van der Waals surface area contributed by atoms with Gasteiger partial charge < -0.3 is 20.5 Å². The number of anilines is 1. The molecule has 0 aromatic heterocycles. The van der Waals surface area contributed by atoms with Crippen LogP contribution in [0, 0.1) is 0 Å². The molecule has 94 valence electrons. The fourth-order valence-corrected chi connectivity index (χ4v) is 1.44. The lowest BCUT2D eigenvalue weighted by molar-refractivity contribution is 0.297. The van der Waals surface area contributed by atoms with Gasteiger partial charge in [-0.2, -0.15) is 0 Å². The monoisotopic (exact) mass is 349 g/mol. The molecule has 1 aliphatic heterocycles. The fraction of sp³-hybridized carbons (Fsp3) is 0.364. The van der Waals surface area contributed by atoms with E-state index in [1.165, 1.54) is 0 Å². The maximum Gasteiger partial charge on any atom is 0.192 e. The van der Waals surface area contributed by atoms with E-state index in [-0.39, 0.29) is 24.0 Å². The number of nitrogens with two attached hydrogens (primary N) is 1.